The van der Waals surface area contributed by atoms with Gasteiger partial charge < -0.3 is 15.5 Å². The Labute approximate surface area is 218 Å². The quantitative estimate of drug-likeness (QED) is 0.505. The molecular weight excluding hydrogens is 493 g/mol. The van der Waals surface area contributed by atoms with Gasteiger partial charge in [0.25, 0.3) is 0 Å². The lowest BCUT2D eigenvalue weighted by Gasteiger charge is -2.33. The summed E-state index contributed by atoms with van der Waals surface area (Å²) < 4.78 is 38.2. The van der Waals surface area contributed by atoms with E-state index < -0.39 is 12.7 Å². The van der Waals surface area contributed by atoms with Gasteiger partial charge in [0.15, 0.2) is 5.82 Å². The summed E-state index contributed by atoms with van der Waals surface area (Å²) >= 11 is 0. The fourth-order valence-corrected chi connectivity index (χ4v) is 5.24. The van der Waals surface area contributed by atoms with Crippen molar-refractivity contribution in [3.05, 3.63) is 54.5 Å². The Morgan fingerprint density at radius 2 is 1.84 bits per heavy atom. The molecule has 2 fully saturated rings. The van der Waals surface area contributed by atoms with E-state index in [9.17, 15) is 13.2 Å². The van der Waals surface area contributed by atoms with Crippen molar-refractivity contribution >= 4 is 28.1 Å². The number of anilines is 2. The third kappa shape index (κ3) is 5.34. The Balaban J connectivity index is 1.28. The highest BCUT2D eigenvalue weighted by Gasteiger charge is 2.32. The van der Waals surface area contributed by atoms with Crippen LogP contribution >= 0.6 is 0 Å². The monoisotopic (exact) mass is 522 g/mol. The van der Waals surface area contributed by atoms with Crippen LogP contribution in [0.25, 0.3) is 27.9 Å². The molecule has 5 heterocycles. The zero-order valence-corrected chi connectivity index (χ0v) is 20.9. The Morgan fingerprint density at radius 3 is 2.55 bits per heavy atom. The maximum absolute atomic E-state index is 12.7. The van der Waals surface area contributed by atoms with E-state index in [4.69, 9.17) is 9.97 Å². The van der Waals surface area contributed by atoms with E-state index in [-0.39, 0.29) is 6.04 Å². The van der Waals surface area contributed by atoms with Crippen LogP contribution in [0.3, 0.4) is 0 Å². The molecule has 0 saturated carbocycles. The van der Waals surface area contributed by atoms with E-state index >= 15 is 0 Å². The van der Waals surface area contributed by atoms with Gasteiger partial charge in [0, 0.05) is 68.8 Å². The van der Waals surface area contributed by atoms with Gasteiger partial charge in [-0.15, -0.1) is 0 Å². The molecule has 0 radical (unpaired) electrons. The fourth-order valence-electron chi connectivity index (χ4n) is 5.24. The number of piperazine rings is 1. The third-order valence-corrected chi connectivity index (χ3v) is 7.23. The number of allylic oxidation sites excluding steroid dienone is 4. The fraction of sp³-hybridized carbons (Fsp3) is 0.407. The van der Waals surface area contributed by atoms with E-state index in [0.717, 1.165) is 59.6 Å². The standard InChI is InChI=1S/C27H29F3N8/c28-27(29,30)17-37-10-5-20(6-11-37)34-23-14-19(4-7-33-23)25-35-22-16-32-15-21(18-2-1-3-18)24(22)26(36-25)38-12-8-31-9-13-38/h1-4,7,14-16,20,31H,5-6,8-13,17H2,(H,33,34). The predicted molar refractivity (Wildman–Crippen MR) is 142 cm³/mol. The summed E-state index contributed by atoms with van der Waals surface area (Å²) in [6.07, 6.45) is 8.62. The van der Waals surface area contributed by atoms with Gasteiger partial charge in [-0.1, -0.05) is 18.2 Å². The molecule has 2 saturated heterocycles. The van der Waals surface area contributed by atoms with Crippen LogP contribution in [0.1, 0.15) is 18.4 Å². The average molecular weight is 523 g/mol. The van der Waals surface area contributed by atoms with Crippen molar-refractivity contribution in [2.24, 2.45) is 0 Å². The molecule has 8 nitrogen and oxygen atoms in total. The van der Waals surface area contributed by atoms with Gasteiger partial charge in [-0.25, -0.2) is 15.0 Å². The minimum absolute atomic E-state index is 0.0618. The highest BCUT2D eigenvalue weighted by Crippen LogP contribution is 2.35. The molecule has 2 N–H and O–H groups in total. The number of nitrogens with zero attached hydrogens (tertiary/aromatic N) is 6. The van der Waals surface area contributed by atoms with E-state index in [0.29, 0.717) is 37.6 Å². The summed E-state index contributed by atoms with van der Waals surface area (Å²) in [5, 5.41) is 7.81. The second-order valence-electron chi connectivity index (χ2n) is 9.91. The number of aromatic nitrogens is 4. The second-order valence-corrected chi connectivity index (χ2v) is 9.91. The number of rotatable bonds is 6. The topological polar surface area (TPSA) is 82.1 Å². The number of pyridine rings is 2. The molecule has 0 unspecified atom stereocenters. The molecule has 0 spiro atoms. The molecule has 0 bridgehead atoms. The van der Waals surface area contributed by atoms with E-state index in [1.54, 1.807) is 12.4 Å². The Kier molecular flexibility index (Phi) is 6.71. The number of hydrogen-bond donors (Lipinski definition) is 2. The Hall–Kier alpha value is -3.57. The van der Waals surface area contributed by atoms with Crippen molar-refractivity contribution in [1.29, 1.82) is 0 Å². The number of piperidine rings is 1. The van der Waals surface area contributed by atoms with Crippen molar-refractivity contribution in [2.45, 2.75) is 25.1 Å². The second kappa shape index (κ2) is 10.3. The van der Waals surface area contributed by atoms with Gasteiger partial charge in [-0.3, -0.25) is 9.88 Å². The molecule has 2 aliphatic heterocycles. The van der Waals surface area contributed by atoms with Crippen LogP contribution in [0.4, 0.5) is 24.8 Å². The third-order valence-electron chi connectivity index (χ3n) is 7.23. The highest BCUT2D eigenvalue weighted by atomic mass is 19.4. The van der Waals surface area contributed by atoms with Crippen LogP contribution < -0.4 is 15.5 Å². The lowest BCUT2D eigenvalue weighted by atomic mass is 9.97. The predicted octanol–water partition coefficient (Wildman–Crippen LogP) is 3.89. The van der Waals surface area contributed by atoms with Crippen molar-refractivity contribution in [3.8, 4) is 11.4 Å². The van der Waals surface area contributed by atoms with Gasteiger partial charge >= 0.3 is 6.18 Å². The number of alkyl halides is 3. The van der Waals surface area contributed by atoms with Gasteiger partial charge in [0.2, 0.25) is 0 Å². The minimum atomic E-state index is -4.17. The molecule has 38 heavy (non-hydrogen) atoms. The van der Waals surface area contributed by atoms with Crippen molar-refractivity contribution in [3.63, 3.8) is 0 Å². The van der Waals surface area contributed by atoms with Crippen LogP contribution in [0.15, 0.2) is 49.0 Å². The van der Waals surface area contributed by atoms with Crippen LogP contribution in [-0.4, -0.2) is 82.9 Å². The Bertz CT molecular complexity index is 1370. The van der Waals surface area contributed by atoms with Crippen LogP contribution in [0.2, 0.25) is 0 Å². The zero-order chi connectivity index (χ0) is 26.1. The van der Waals surface area contributed by atoms with Crippen LogP contribution in [-0.2, 0) is 0 Å². The molecule has 0 aromatic carbocycles. The molecule has 11 heteroatoms. The lowest BCUT2D eigenvalue weighted by Crippen LogP contribution is -2.44. The van der Waals surface area contributed by atoms with E-state index in [1.165, 1.54) is 4.90 Å². The van der Waals surface area contributed by atoms with Crippen molar-refractivity contribution in [1.82, 2.24) is 30.2 Å². The summed E-state index contributed by atoms with van der Waals surface area (Å²) in [7, 11) is 0. The summed E-state index contributed by atoms with van der Waals surface area (Å²) in [5.41, 5.74) is 3.75. The first kappa shape index (κ1) is 24.7. The largest absolute Gasteiger partial charge is 0.401 e. The van der Waals surface area contributed by atoms with Gasteiger partial charge in [0.1, 0.15) is 11.6 Å². The first-order valence-electron chi connectivity index (χ1n) is 13.0. The minimum Gasteiger partial charge on any atom is -0.367 e. The number of fused-ring (bicyclic) bond motifs is 1. The lowest BCUT2D eigenvalue weighted by molar-refractivity contribution is -0.147. The molecule has 3 aromatic heterocycles. The van der Waals surface area contributed by atoms with Gasteiger partial charge in [-0.2, -0.15) is 13.2 Å². The highest BCUT2D eigenvalue weighted by molar-refractivity contribution is 6.02. The molecule has 0 amide bonds. The molecule has 198 valence electrons. The van der Waals surface area contributed by atoms with Crippen LogP contribution in [0.5, 0.6) is 0 Å². The summed E-state index contributed by atoms with van der Waals surface area (Å²) in [6.45, 7) is 3.41. The zero-order valence-electron chi connectivity index (χ0n) is 20.9. The first-order chi connectivity index (χ1) is 18.4. The molecule has 1 aliphatic carbocycles. The number of hydrogen-bond acceptors (Lipinski definition) is 8. The number of nitrogens with one attached hydrogen (secondary N) is 2. The summed E-state index contributed by atoms with van der Waals surface area (Å²) in [5.74, 6) is 2.16. The number of likely N-dealkylation sites (tertiary alicyclic amines) is 1. The molecular formula is C27H29F3N8. The van der Waals surface area contributed by atoms with E-state index in [2.05, 4.69) is 37.7 Å². The van der Waals surface area contributed by atoms with Crippen LogP contribution in [0, 0.1) is 0 Å². The van der Waals surface area contributed by atoms with Gasteiger partial charge in [0.05, 0.1) is 23.6 Å². The SMILES string of the molecule is FC(F)(F)CN1CCC(Nc2cc(-c3nc(N4CCNCC4)c4c(C5=CC=C5)cncc4n3)ccn2)CC1. The summed E-state index contributed by atoms with van der Waals surface area (Å²) in [6, 6.07) is 3.86. The maximum atomic E-state index is 12.7. The average Bonchev–Trinajstić information content (AvgIpc) is 2.88. The molecule has 0 atom stereocenters. The normalized spacial score (nSPS) is 18.9. The smallest absolute Gasteiger partial charge is 0.367 e. The maximum Gasteiger partial charge on any atom is 0.401 e. The Morgan fingerprint density at radius 1 is 1.05 bits per heavy atom. The van der Waals surface area contributed by atoms with E-state index in [1.807, 2.05) is 24.4 Å². The van der Waals surface area contributed by atoms with Gasteiger partial charge in [-0.05, 0) is 30.5 Å². The molecule has 6 rings (SSSR count). The van der Waals surface area contributed by atoms with Crippen molar-refractivity contribution < 1.29 is 13.2 Å². The molecule has 3 aromatic rings. The summed E-state index contributed by atoms with van der Waals surface area (Å²) in [4.78, 5) is 22.6. The number of halogens is 3. The first-order valence-corrected chi connectivity index (χ1v) is 13.0. The van der Waals surface area contributed by atoms with Crippen molar-refractivity contribution in [2.75, 3.05) is 56.0 Å². The molecule has 3 aliphatic rings.